The van der Waals surface area contributed by atoms with Crippen molar-refractivity contribution in [3.05, 3.63) is 63.6 Å². The number of rotatable bonds is 5. The van der Waals surface area contributed by atoms with Crippen LogP contribution in [0.2, 0.25) is 0 Å². The fourth-order valence-corrected chi connectivity index (χ4v) is 3.16. The Kier molecular flexibility index (Phi) is 6.20. The summed E-state index contributed by atoms with van der Waals surface area (Å²) in [5.74, 6) is -0.108. The van der Waals surface area contributed by atoms with E-state index in [4.69, 9.17) is 5.73 Å². The molecule has 0 aliphatic carbocycles. The summed E-state index contributed by atoms with van der Waals surface area (Å²) < 4.78 is 0.872. The second-order valence-corrected chi connectivity index (χ2v) is 7.03. The molecule has 0 spiro atoms. The van der Waals surface area contributed by atoms with Crippen LogP contribution in [0.4, 0.5) is 10.5 Å². The topological polar surface area (TPSA) is 75.4 Å². The molecule has 25 heavy (non-hydrogen) atoms. The molecule has 0 saturated heterocycles. The Bertz CT molecular complexity index is 772. The standard InChI is InChI=1S/C19H22BrN3O2/c1-12-7-13(2)9-16(8-12)23(3)18(24)11-17(22-19(21)25)14-5-4-6-15(20)10-14/h4-10,17H,11H2,1-3H3,(H3,21,22,25). The highest BCUT2D eigenvalue weighted by Gasteiger charge is 2.21. The molecule has 1 unspecified atom stereocenters. The number of urea groups is 1. The van der Waals surface area contributed by atoms with Crippen molar-refractivity contribution in [1.82, 2.24) is 5.32 Å². The maximum absolute atomic E-state index is 12.7. The van der Waals surface area contributed by atoms with Gasteiger partial charge in [0, 0.05) is 17.2 Å². The van der Waals surface area contributed by atoms with Gasteiger partial charge in [0.2, 0.25) is 5.91 Å². The van der Waals surface area contributed by atoms with Crippen molar-refractivity contribution in [2.75, 3.05) is 11.9 Å². The number of anilines is 1. The third kappa shape index (κ3) is 5.32. The van der Waals surface area contributed by atoms with Gasteiger partial charge in [0.05, 0.1) is 12.5 Å². The lowest BCUT2D eigenvalue weighted by Gasteiger charge is -2.23. The molecule has 132 valence electrons. The summed E-state index contributed by atoms with van der Waals surface area (Å²) in [5, 5.41) is 2.65. The summed E-state index contributed by atoms with van der Waals surface area (Å²) >= 11 is 3.41. The molecule has 0 saturated carbocycles. The van der Waals surface area contributed by atoms with E-state index in [-0.39, 0.29) is 12.3 Å². The number of hydrogen-bond donors (Lipinski definition) is 2. The lowest BCUT2D eigenvalue weighted by Crippen LogP contribution is -2.37. The number of carbonyl (C=O) groups is 2. The van der Waals surface area contributed by atoms with Crippen LogP contribution in [-0.2, 0) is 4.79 Å². The van der Waals surface area contributed by atoms with Crippen molar-refractivity contribution in [3.63, 3.8) is 0 Å². The SMILES string of the molecule is Cc1cc(C)cc(N(C)C(=O)CC(NC(N)=O)c2cccc(Br)c2)c1. The van der Waals surface area contributed by atoms with E-state index in [2.05, 4.69) is 27.3 Å². The molecular weight excluding hydrogens is 382 g/mol. The minimum Gasteiger partial charge on any atom is -0.352 e. The number of primary amides is 1. The van der Waals surface area contributed by atoms with Crippen molar-refractivity contribution in [2.45, 2.75) is 26.3 Å². The summed E-state index contributed by atoms with van der Waals surface area (Å²) in [7, 11) is 1.73. The smallest absolute Gasteiger partial charge is 0.312 e. The van der Waals surface area contributed by atoms with E-state index < -0.39 is 12.1 Å². The van der Waals surface area contributed by atoms with Gasteiger partial charge in [-0.2, -0.15) is 0 Å². The van der Waals surface area contributed by atoms with Gasteiger partial charge in [-0.3, -0.25) is 4.79 Å². The number of carbonyl (C=O) groups excluding carboxylic acids is 2. The minimum absolute atomic E-state index is 0.108. The predicted octanol–water partition coefficient (Wildman–Crippen LogP) is 3.83. The van der Waals surface area contributed by atoms with Crippen LogP contribution in [0.15, 0.2) is 46.9 Å². The number of aryl methyl sites for hydroxylation is 2. The Morgan fingerprint density at radius 2 is 1.80 bits per heavy atom. The number of amides is 3. The van der Waals surface area contributed by atoms with Crippen LogP contribution in [0, 0.1) is 13.8 Å². The van der Waals surface area contributed by atoms with Crippen molar-refractivity contribution in [3.8, 4) is 0 Å². The third-order valence-corrected chi connectivity index (χ3v) is 4.41. The highest BCUT2D eigenvalue weighted by molar-refractivity contribution is 9.10. The Hall–Kier alpha value is -2.34. The Morgan fingerprint density at radius 1 is 1.16 bits per heavy atom. The molecule has 3 amide bonds. The van der Waals surface area contributed by atoms with Crippen molar-refractivity contribution in [1.29, 1.82) is 0 Å². The van der Waals surface area contributed by atoms with Gasteiger partial charge < -0.3 is 16.0 Å². The molecule has 0 aromatic heterocycles. The van der Waals surface area contributed by atoms with E-state index in [9.17, 15) is 9.59 Å². The molecule has 0 aliphatic rings. The number of nitrogens with zero attached hydrogens (tertiary/aromatic N) is 1. The number of nitrogens with one attached hydrogen (secondary N) is 1. The van der Waals surface area contributed by atoms with Gasteiger partial charge in [0.1, 0.15) is 0 Å². The van der Waals surface area contributed by atoms with Crippen molar-refractivity contribution in [2.24, 2.45) is 5.73 Å². The third-order valence-electron chi connectivity index (χ3n) is 3.91. The summed E-state index contributed by atoms with van der Waals surface area (Å²) in [5.41, 5.74) is 9.11. The van der Waals surface area contributed by atoms with Crippen molar-refractivity contribution < 1.29 is 9.59 Å². The maximum atomic E-state index is 12.7. The van der Waals surface area contributed by atoms with E-state index in [1.807, 2.05) is 50.2 Å². The van der Waals surface area contributed by atoms with E-state index >= 15 is 0 Å². The summed E-state index contributed by atoms with van der Waals surface area (Å²) in [6, 6.07) is 12.3. The van der Waals surface area contributed by atoms with E-state index in [0.717, 1.165) is 26.9 Å². The molecule has 1 atom stereocenters. The summed E-state index contributed by atoms with van der Waals surface area (Å²) in [4.78, 5) is 25.7. The van der Waals surface area contributed by atoms with Crippen LogP contribution < -0.4 is 16.0 Å². The van der Waals surface area contributed by atoms with Gasteiger partial charge in [-0.15, -0.1) is 0 Å². The first-order valence-corrected chi connectivity index (χ1v) is 8.72. The monoisotopic (exact) mass is 403 g/mol. The highest BCUT2D eigenvalue weighted by atomic mass is 79.9. The average Bonchev–Trinajstić information content (AvgIpc) is 2.52. The fraction of sp³-hybridized carbons (Fsp3) is 0.263. The Morgan fingerprint density at radius 3 is 2.36 bits per heavy atom. The molecule has 2 aromatic carbocycles. The Balaban J connectivity index is 2.22. The van der Waals surface area contributed by atoms with E-state index in [1.165, 1.54) is 0 Å². The Labute approximate surface area is 156 Å². The molecule has 2 aromatic rings. The molecule has 0 fully saturated rings. The first-order chi connectivity index (χ1) is 11.8. The number of hydrogen-bond acceptors (Lipinski definition) is 2. The lowest BCUT2D eigenvalue weighted by molar-refractivity contribution is -0.118. The summed E-state index contributed by atoms with van der Waals surface area (Å²) in [6.45, 7) is 3.99. The van der Waals surface area contributed by atoms with Crippen LogP contribution >= 0.6 is 15.9 Å². The van der Waals surface area contributed by atoms with E-state index in [1.54, 1.807) is 11.9 Å². The average molecular weight is 404 g/mol. The van der Waals surface area contributed by atoms with E-state index in [0.29, 0.717) is 0 Å². The lowest BCUT2D eigenvalue weighted by atomic mass is 10.0. The first kappa shape index (κ1) is 19.0. The molecule has 0 bridgehead atoms. The van der Waals surface area contributed by atoms with Gasteiger partial charge in [0.15, 0.2) is 0 Å². The van der Waals surface area contributed by atoms with Crippen LogP contribution in [-0.4, -0.2) is 19.0 Å². The molecular formula is C19H22BrN3O2. The van der Waals surface area contributed by atoms with Crippen LogP contribution in [0.5, 0.6) is 0 Å². The molecule has 6 heteroatoms. The first-order valence-electron chi connectivity index (χ1n) is 7.92. The number of halogens is 1. The molecule has 3 N–H and O–H groups in total. The second-order valence-electron chi connectivity index (χ2n) is 6.12. The van der Waals surface area contributed by atoms with Gasteiger partial charge in [-0.25, -0.2) is 4.79 Å². The van der Waals surface area contributed by atoms with Crippen molar-refractivity contribution >= 4 is 33.6 Å². The van der Waals surface area contributed by atoms with Gasteiger partial charge in [-0.1, -0.05) is 34.1 Å². The number of nitrogens with two attached hydrogens (primary N) is 1. The maximum Gasteiger partial charge on any atom is 0.312 e. The van der Waals surface area contributed by atoms with Gasteiger partial charge in [-0.05, 0) is 54.8 Å². The number of benzene rings is 2. The second kappa shape index (κ2) is 8.16. The van der Waals surface area contributed by atoms with Crippen LogP contribution in [0.25, 0.3) is 0 Å². The zero-order valence-corrected chi connectivity index (χ0v) is 16.1. The normalized spacial score (nSPS) is 11.7. The zero-order chi connectivity index (χ0) is 18.6. The minimum atomic E-state index is -0.660. The quantitative estimate of drug-likeness (QED) is 0.795. The van der Waals surface area contributed by atoms with Gasteiger partial charge >= 0.3 is 6.03 Å². The van der Waals surface area contributed by atoms with Crippen LogP contribution in [0.3, 0.4) is 0 Å². The molecule has 5 nitrogen and oxygen atoms in total. The van der Waals surface area contributed by atoms with Crippen LogP contribution in [0.1, 0.15) is 29.2 Å². The highest BCUT2D eigenvalue weighted by Crippen LogP contribution is 2.24. The summed E-state index contributed by atoms with van der Waals surface area (Å²) in [6.07, 6.45) is 0.114. The predicted molar refractivity (Wildman–Crippen MR) is 104 cm³/mol. The van der Waals surface area contributed by atoms with Gasteiger partial charge in [0.25, 0.3) is 0 Å². The molecule has 0 heterocycles. The zero-order valence-electron chi connectivity index (χ0n) is 14.5. The molecule has 0 radical (unpaired) electrons. The molecule has 2 rings (SSSR count). The largest absolute Gasteiger partial charge is 0.352 e. The fourth-order valence-electron chi connectivity index (χ4n) is 2.75. The molecule has 0 aliphatic heterocycles.